The van der Waals surface area contributed by atoms with Gasteiger partial charge in [0.2, 0.25) is 10.0 Å². The van der Waals surface area contributed by atoms with E-state index in [0.717, 1.165) is 44.5 Å². The number of ether oxygens (including phenoxy) is 1. The molecule has 4 rings (SSSR count). The van der Waals surface area contributed by atoms with E-state index < -0.39 is 10.0 Å². The first-order chi connectivity index (χ1) is 14.4. The summed E-state index contributed by atoms with van der Waals surface area (Å²) in [5.41, 5.74) is 1.41. The van der Waals surface area contributed by atoms with Crippen LogP contribution >= 0.6 is 0 Å². The first kappa shape index (κ1) is 21.3. The number of anilines is 1. The summed E-state index contributed by atoms with van der Waals surface area (Å²) in [5.74, 6) is 1.37. The van der Waals surface area contributed by atoms with Gasteiger partial charge in [0.25, 0.3) is 0 Å². The van der Waals surface area contributed by atoms with Crippen molar-refractivity contribution in [3.05, 3.63) is 42.1 Å². The minimum atomic E-state index is -3.30. The van der Waals surface area contributed by atoms with Crippen LogP contribution in [-0.4, -0.2) is 61.0 Å². The van der Waals surface area contributed by atoms with Gasteiger partial charge in [0.1, 0.15) is 0 Å². The first-order valence-corrected chi connectivity index (χ1v) is 12.5. The van der Waals surface area contributed by atoms with Crippen LogP contribution in [0.25, 0.3) is 0 Å². The number of rotatable bonds is 7. The van der Waals surface area contributed by atoms with E-state index in [0.29, 0.717) is 12.5 Å². The van der Waals surface area contributed by atoms with E-state index in [1.165, 1.54) is 11.8 Å². The maximum atomic E-state index is 11.9. The molecule has 1 saturated carbocycles. The van der Waals surface area contributed by atoms with Crippen molar-refractivity contribution in [1.29, 1.82) is 0 Å². The third-order valence-corrected chi connectivity index (χ3v) is 6.97. The number of hydrogen-bond acceptors (Lipinski definition) is 6. The summed E-state index contributed by atoms with van der Waals surface area (Å²) in [5, 5.41) is 8.25. The van der Waals surface area contributed by atoms with Gasteiger partial charge in [-0.2, -0.15) is 0 Å². The molecule has 9 heteroatoms. The number of sulfonamides is 1. The Morgan fingerprint density at radius 1 is 1.13 bits per heavy atom. The predicted octanol–water partition coefficient (Wildman–Crippen LogP) is 2.05. The van der Waals surface area contributed by atoms with Crippen molar-refractivity contribution in [2.45, 2.75) is 56.2 Å². The van der Waals surface area contributed by atoms with Gasteiger partial charge < -0.3 is 9.64 Å². The molecule has 164 valence electrons. The van der Waals surface area contributed by atoms with Crippen LogP contribution in [0, 0.1) is 0 Å². The van der Waals surface area contributed by atoms with Crippen LogP contribution in [-0.2, 0) is 21.8 Å². The number of hydrogen-bond donors (Lipinski definition) is 1. The van der Waals surface area contributed by atoms with Crippen LogP contribution in [0.1, 0.15) is 43.6 Å². The second kappa shape index (κ2) is 9.03. The van der Waals surface area contributed by atoms with Crippen molar-refractivity contribution in [3.8, 4) is 0 Å². The third kappa shape index (κ3) is 5.19. The molecule has 1 aromatic carbocycles. The molecule has 0 radical (unpaired) electrons. The Hall–Kier alpha value is -1.97. The van der Waals surface area contributed by atoms with E-state index in [2.05, 4.69) is 50.3 Å². The van der Waals surface area contributed by atoms with E-state index >= 15 is 0 Å². The predicted molar refractivity (Wildman–Crippen MR) is 116 cm³/mol. The molecule has 2 aliphatic rings. The SMILES string of the molecule is Cn1cc(N2CC[C@H](NS(C)(=O)=O)C2COC2CCC(c3ccccc3)CC2)nn1. The molecular weight excluding hydrogens is 402 g/mol. The minimum absolute atomic E-state index is 0.0942. The zero-order valence-electron chi connectivity index (χ0n) is 17.6. The topological polar surface area (TPSA) is 89.3 Å². The lowest BCUT2D eigenvalue weighted by Gasteiger charge is -2.32. The van der Waals surface area contributed by atoms with Crippen LogP contribution in [0.15, 0.2) is 36.5 Å². The molecule has 1 N–H and O–H groups in total. The summed E-state index contributed by atoms with van der Waals surface area (Å²) < 4.78 is 34.5. The number of aryl methyl sites for hydroxylation is 1. The van der Waals surface area contributed by atoms with Crippen molar-refractivity contribution >= 4 is 15.8 Å². The van der Waals surface area contributed by atoms with Crippen molar-refractivity contribution < 1.29 is 13.2 Å². The van der Waals surface area contributed by atoms with Crippen molar-refractivity contribution in [3.63, 3.8) is 0 Å². The fourth-order valence-corrected chi connectivity index (χ4v) is 5.57. The summed E-state index contributed by atoms with van der Waals surface area (Å²) in [7, 11) is -1.47. The largest absolute Gasteiger partial charge is 0.376 e. The second-order valence-corrected chi connectivity index (χ2v) is 10.3. The quantitative estimate of drug-likeness (QED) is 0.719. The lowest BCUT2D eigenvalue weighted by molar-refractivity contribution is 0.0156. The highest BCUT2D eigenvalue weighted by Gasteiger charge is 2.38. The van der Waals surface area contributed by atoms with Crippen LogP contribution in [0.2, 0.25) is 0 Å². The number of benzene rings is 1. The normalized spacial score (nSPS) is 27.5. The third-order valence-electron chi connectivity index (χ3n) is 6.24. The molecule has 1 aliphatic carbocycles. The van der Waals surface area contributed by atoms with Gasteiger partial charge in [-0.3, -0.25) is 4.68 Å². The highest BCUT2D eigenvalue weighted by atomic mass is 32.2. The molecule has 0 amide bonds. The average molecular weight is 434 g/mol. The summed E-state index contributed by atoms with van der Waals surface area (Å²) in [4.78, 5) is 2.12. The smallest absolute Gasteiger partial charge is 0.209 e. The maximum Gasteiger partial charge on any atom is 0.209 e. The fraction of sp³-hybridized carbons (Fsp3) is 0.619. The Kier molecular flexibility index (Phi) is 6.40. The lowest BCUT2D eigenvalue weighted by atomic mass is 9.83. The lowest BCUT2D eigenvalue weighted by Crippen LogP contribution is -2.48. The molecule has 0 spiro atoms. The number of nitrogens with zero attached hydrogens (tertiary/aromatic N) is 4. The van der Waals surface area contributed by atoms with Gasteiger partial charge in [0.05, 0.1) is 31.2 Å². The molecule has 1 unspecified atom stereocenters. The molecule has 2 fully saturated rings. The molecule has 1 aromatic heterocycles. The van der Waals surface area contributed by atoms with E-state index in [-0.39, 0.29) is 18.2 Å². The van der Waals surface area contributed by atoms with Gasteiger partial charge in [-0.25, -0.2) is 13.1 Å². The number of aromatic nitrogens is 3. The molecule has 30 heavy (non-hydrogen) atoms. The average Bonchev–Trinajstić information content (AvgIpc) is 3.32. The Labute approximate surface area is 178 Å². The van der Waals surface area contributed by atoms with Gasteiger partial charge in [-0.05, 0) is 43.6 Å². The van der Waals surface area contributed by atoms with Crippen molar-refractivity contribution in [1.82, 2.24) is 19.7 Å². The summed E-state index contributed by atoms with van der Waals surface area (Å²) in [6.45, 7) is 1.20. The Morgan fingerprint density at radius 3 is 2.50 bits per heavy atom. The summed E-state index contributed by atoms with van der Waals surface area (Å²) >= 11 is 0. The van der Waals surface area contributed by atoms with Crippen LogP contribution in [0.3, 0.4) is 0 Å². The Morgan fingerprint density at radius 2 is 1.87 bits per heavy atom. The van der Waals surface area contributed by atoms with E-state index in [1.807, 2.05) is 13.2 Å². The zero-order chi connectivity index (χ0) is 21.1. The van der Waals surface area contributed by atoms with Crippen LogP contribution in [0.4, 0.5) is 5.82 Å². The molecule has 1 saturated heterocycles. The van der Waals surface area contributed by atoms with Gasteiger partial charge in [0, 0.05) is 19.6 Å². The highest BCUT2D eigenvalue weighted by Crippen LogP contribution is 2.34. The van der Waals surface area contributed by atoms with E-state index in [4.69, 9.17) is 4.74 Å². The highest BCUT2D eigenvalue weighted by molar-refractivity contribution is 7.88. The monoisotopic (exact) mass is 433 g/mol. The standard InChI is InChI=1S/C21H31N5O3S/c1-25-14-21(22-24-25)26-13-12-19(23-30(2,27)28)20(26)15-29-18-10-8-17(9-11-18)16-6-4-3-5-7-16/h3-7,14,17-20,23H,8-13,15H2,1-2H3/t17?,18?,19-,20?/m0/s1. The minimum Gasteiger partial charge on any atom is -0.376 e. The van der Waals surface area contributed by atoms with E-state index in [1.54, 1.807) is 4.68 Å². The molecule has 8 nitrogen and oxygen atoms in total. The second-order valence-electron chi connectivity index (χ2n) is 8.51. The molecule has 2 aromatic rings. The van der Waals surface area contributed by atoms with Crippen molar-refractivity contribution in [2.75, 3.05) is 24.3 Å². The zero-order valence-corrected chi connectivity index (χ0v) is 18.5. The molecule has 0 bridgehead atoms. The number of nitrogens with one attached hydrogen (secondary N) is 1. The summed E-state index contributed by atoms with van der Waals surface area (Å²) in [6.07, 6.45) is 8.31. The Balaban J connectivity index is 1.37. The molecule has 1 aliphatic heterocycles. The molecule has 2 atom stereocenters. The van der Waals surface area contributed by atoms with Gasteiger partial charge in [-0.15, -0.1) is 5.10 Å². The van der Waals surface area contributed by atoms with Gasteiger partial charge in [0.15, 0.2) is 5.82 Å². The molecular formula is C21H31N5O3S. The van der Waals surface area contributed by atoms with Crippen LogP contribution in [0.5, 0.6) is 0 Å². The van der Waals surface area contributed by atoms with Gasteiger partial charge in [-0.1, -0.05) is 35.5 Å². The first-order valence-electron chi connectivity index (χ1n) is 10.7. The van der Waals surface area contributed by atoms with Crippen molar-refractivity contribution in [2.24, 2.45) is 7.05 Å². The fourth-order valence-electron chi connectivity index (χ4n) is 4.75. The van der Waals surface area contributed by atoms with E-state index in [9.17, 15) is 8.42 Å². The molecule has 2 heterocycles. The maximum absolute atomic E-state index is 11.9. The summed E-state index contributed by atoms with van der Waals surface area (Å²) in [6, 6.07) is 10.4. The Bertz CT molecular complexity index is 925. The van der Waals surface area contributed by atoms with Gasteiger partial charge >= 0.3 is 0 Å². The van der Waals surface area contributed by atoms with Crippen LogP contribution < -0.4 is 9.62 Å².